The normalized spacial score (nSPS) is 21.8. The molecule has 6 nitrogen and oxygen atoms in total. The van der Waals surface area contributed by atoms with E-state index in [0.29, 0.717) is 25.7 Å². The van der Waals surface area contributed by atoms with Crippen molar-refractivity contribution in [3.05, 3.63) is 21.1 Å². The molecule has 2 unspecified atom stereocenters. The highest BCUT2D eigenvalue weighted by atomic mass is 33.1. The summed E-state index contributed by atoms with van der Waals surface area (Å²) in [4.78, 5) is 33.8. The van der Waals surface area contributed by atoms with Crippen LogP contribution < -0.4 is 0 Å². The van der Waals surface area contributed by atoms with Crippen molar-refractivity contribution in [2.75, 3.05) is 0 Å². The van der Waals surface area contributed by atoms with E-state index in [4.69, 9.17) is 0 Å². The lowest BCUT2D eigenvalue weighted by molar-refractivity contribution is -0.143. The van der Waals surface area contributed by atoms with E-state index in [1.54, 1.807) is 44.3 Å². The van der Waals surface area contributed by atoms with Gasteiger partial charge in [-0.25, -0.2) is 9.97 Å². The van der Waals surface area contributed by atoms with Gasteiger partial charge in [-0.1, -0.05) is 0 Å². The molecule has 0 amide bonds. The van der Waals surface area contributed by atoms with Crippen LogP contribution >= 0.6 is 44.3 Å². The standard InChI is InChI=1S/C16H16N2O4S4/c19-13(20)7-1-3-9-11(5-7)23-15(17-9)25-26-16-18-10-4-2-8(14(21)22)6-12(10)24-16/h7-8H,1-6H2,(H,19,20)(H,21,22). The summed E-state index contributed by atoms with van der Waals surface area (Å²) in [6, 6.07) is 0. The number of carboxylic acid groups (broad SMARTS) is 2. The number of hydrogen-bond donors (Lipinski definition) is 2. The molecular formula is C16H16N2O4S4. The molecule has 4 rings (SSSR count). The number of fused-ring (bicyclic) bond motifs is 2. The van der Waals surface area contributed by atoms with Crippen LogP contribution in [0.25, 0.3) is 0 Å². The summed E-state index contributed by atoms with van der Waals surface area (Å²) < 4.78 is 1.87. The Bertz CT molecular complexity index is 792. The maximum Gasteiger partial charge on any atom is 0.306 e. The third-order valence-electron chi connectivity index (χ3n) is 4.72. The molecule has 0 saturated carbocycles. The molecule has 2 aliphatic carbocycles. The fourth-order valence-electron chi connectivity index (χ4n) is 3.27. The fourth-order valence-corrected chi connectivity index (χ4v) is 8.29. The molecule has 0 radical (unpaired) electrons. The second kappa shape index (κ2) is 7.49. The average Bonchev–Trinajstić information content (AvgIpc) is 3.21. The molecule has 0 saturated heterocycles. The third kappa shape index (κ3) is 3.78. The van der Waals surface area contributed by atoms with Crippen LogP contribution in [0.5, 0.6) is 0 Å². The van der Waals surface area contributed by atoms with Crippen LogP contribution in [-0.2, 0) is 35.3 Å². The van der Waals surface area contributed by atoms with Crippen molar-refractivity contribution in [1.29, 1.82) is 0 Å². The molecule has 2 N–H and O–H groups in total. The SMILES string of the molecule is O=C(O)C1CCc2nc(SSc3nc4c(s3)CC(C(=O)O)CC4)sc2C1. The Balaban J connectivity index is 1.40. The number of aryl methyl sites for hydroxylation is 2. The molecule has 2 atom stereocenters. The molecule has 0 spiro atoms. The van der Waals surface area contributed by atoms with E-state index in [1.165, 1.54) is 0 Å². The molecular weight excluding hydrogens is 412 g/mol. The molecule has 2 heterocycles. The quantitative estimate of drug-likeness (QED) is 0.694. The Labute approximate surface area is 165 Å². The molecule has 0 bridgehead atoms. The van der Waals surface area contributed by atoms with Gasteiger partial charge in [0.2, 0.25) is 0 Å². The molecule has 0 aliphatic heterocycles. The van der Waals surface area contributed by atoms with E-state index >= 15 is 0 Å². The maximum absolute atomic E-state index is 11.2. The molecule has 10 heteroatoms. The zero-order valence-corrected chi connectivity index (χ0v) is 16.9. The lowest BCUT2D eigenvalue weighted by Gasteiger charge is -2.16. The van der Waals surface area contributed by atoms with E-state index in [2.05, 4.69) is 9.97 Å². The number of carbonyl (C=O) groups is 2. The Hall–Kier alpha value is -1.10. The smallest absolute Gasteiger partial charge is 0.306 e. The molecule has 138 valence electrons. The highest BCUT2D eigenvalue weighted by Gasteiger charge is 2.29. The number of hydrogen-bond acceptors (Lipinski definition) is 8. The van der Waals surface area contributed by atoms with Crippen LogP contribution in [-0.4, -0.2) is 32.1 Å². The zero-order valence-electron chi connectivity index (χ0n) is 13.6. The maximum atomic E-state index is 11.2. The minimum absolute atomic E-state index is 0.290. The van der Waals surface area contributed by atoms with Gasteiger partial charge in [-0.3, -0.25) is 9.59 Å². The third-order valence-corrected chi connectivity index (χ3v) is 9.93. The lowest BCUT2D eigenvalue weighted by Crippen LogP contribution is -2.21. The van der Waals surface area contributed by atoms with Gasteiger partial charge in [-0.15, -0.1) is 22.7 Å². The molecule has 0 aromatic carbocycles. The van der Waals surface area contributed by atoms with Crippen molar-refractivity contribution in [2.45, 2.75) is 47.2 Å². The average molecular weight is 429 g/mol. The van der Waals surface area contributed by atoms with Gasteiger partial charge in [-0.2, -0.15) is 0 Å². The summed E-state index contributed by atoms with van der Waals surface area (Å²) in [7, 11) is 3.11. The first kappa shape index (κ1) is 18.3. The van der Waals surface area contributed by atoms with Crippen molar-refractivity contribution >= 4 is 56.2 Å². The molecule has 0 fully saturated rings. The number of carboxylic acids is 2. The summed E-state index contributed by atoms with van der Waals surface area (Å²) in [5.41, 5.74) is 2.08. The second-order valence-corrected chi connectivity index (χ2v) is 11.2. The monoisotopic (exact) mass is 428 g/mol. The van der Waals surface area contributed by atoms with Crippen LogP contribution in [0.3, 0.4) is 0 Å². The molecule has 2 aromatic rings. The van der Waals surface area contributed by atoms with Gasteiger partial charge in [-0.05, 0) is 60.1 Å². The topological polar surface area (TPSA) is 100 Å². The number of aliphatic carboxylic acids is 2. The van der Waals surface area contributed by atoms with E-state index in [-0.39, 0.29) is 11.8 Å². The van der Waals surface area contributed by atoms with Crippen molar-refractivity contribution in [3.8, 4) is 0 Å². The first-order chi connectivity index (χ1) is 12.5. The highest BCUT2D eigenvalue weighted by Crippen LogP contribution is 2.45. The van der Waals surface area contributed by atoms with Crippen molar-refractivity contribution in [3.63, 3.8) is 0 Å². The van der Waals surface area contributed by atoms with Gasteiger partial charge in [0.05, 0.1) is 23.2 Å². The predicted octanol–water partition coefficient (Wildman–Crippen LogP) is 3.78. The Morgan fingerprint density at radius 1 is 0.846 bits per heavy atom. The summed E-state index contributed by atoms with van der Waals surface area (Å²) in [5.74, 6) is -2.02. The fraction of sp³-hybridized carbons (Fsp3) is 0.500. The van der Waals surface area contributed by atoms with Crippen LogP contribution in [0.4, 0.5) is 0 Å². The van der Waals surface area contributed by atoms with E-state index < -0.39 is 11.9 Å². The van der Waals surface area contributed by atoms with Gasteiger partial charge < -0.3 is 10.2 Å². The Morgan fingerprint density at radius 2 is 1.27 bits per heavy atom. The van der Waals surface area contributed by atoms with Crippen LogP contribution in [0.15, 0.2) is 8.68 Å². The Morgan fingerprint density at radius 3 is 1.65 bits per heavy atom. The first-order valence-corrected chi connectivity index (χ1v) is 12.0. The van der Waals surface area contributed by atoms with Crippen molar-refractivity contribution < 1.29 is 19.8 Å². The summed E-state index contributed by atoms with van der Waals surface area (Å²) in [5, 5.41) is 18.4. The van der Waals surface area contributed by atoms with Crippen LogP contribution in [0.1, 0.15) is 34.0 Å². The summed E-state index contributed by atoms with van der Waals surface area (Å²) in [6.07, 6.45) is 3.94. The minimum atomic E-state index is -0.722. The second-order valence-electron chi connectivity index (χ2n) is 6.42. The molecule has 2 aromatic heterocycles. The van der Waals surface area contributed by atoms with Gasteiger partial charge in [0.15, 0.2) is 8.68 Å². The van der Waals surface area contributed by atoms with E-state index in [9.17, 15) is 19.8 Å². The summed E-state index contributed by atoms with van der Waals surface area (Å²) >= 11 is 3.16. The van der Waals surface area contributed by atoms with Crippen molar-refractivity contribution in [1.82, 2.24) is 9.97 Å². The van der Waals surface area contributed by atoms with Gasteiger partial charge in [0.1, 0.15) is 0 Å². The molecule has 26 heavy (non-hydrogen) atoms. The number of thiazole rings is 2. The van der Waals surface area contributed by atoms with Gasteiger partial charge in [0.25, 0.3) is 0 Å². The first-order valence-electron chi connectivity index (χ1n) is 8.27. The number of nitrogens with zero attached hydrogens (tertiary/aromatic N) is 2. The van der Waals surface area contributed by atoms with Gasteiger partial charge in [0, 0.05) is 9.75 Å². The highest BCUT2D eigenvalue weighted by molar-refractivity contribution is 8.77. The number of rotatable bonds is 5. The van der Waals surface area contributed by atoms with E-state index in [0.717, 1.165) is 42.7 Å². The predicted molar refractivity (Wildman–Crippen MR) is 102 cm³/mol. The number of aromatic nitrogens is 2. The lowest BCUT2D eigenvalue weighted by atomic mass is 9.91. The van der Waals surface area contributed by atoms with Crippen LogP contribution in [0.2, 0.25) is 0 Å². The largest absolute Gasteiger partial charge is 0.481 e. The minimum Gasteiger partial charge on any atom is -0.481 e. The Kier molecular flexibility index (Phi) is 5.27. The summed E-state index contributed by atoms with van der Waals surface area (Å²) in [6.45, 7) is 0. The van der Waals surface area contributed by atoms with Gasteiger partial charge >= 0.3 is 11.9 Å². The van der Waals surface area contributed by atoms with Crippen molar-refractivity contribution in [2.24, 2.45) is 11.8 Å². The van der Waals surface area contributed by atoms with E-state index in [1.807, 2.05) is 0 Å². The molecule has 2 aliphatic rings. The van der Waals surface area contributed by atoms with Crippen LogP contribution in [0, 0.1) is 11.8 Å². The zero-order chi connectivity index (χ0) is 18.3.